The van der Waals surface area contributed by atoms with Gasteiger partial charge in [0.2, 0.25) is 0 Å². The van der Waals surface area contributed by atoms with Gasteiger partial charge in [0.1, 0.15) is 47.0 Å². The molecule has 2 saturated heterocycles. The number of anilines is 1. The van der Waals surface area contributed by atoms with Gasteiger partial charge in [-0.2, -0.15) is 5.10 Å². The van der Waals surface area contributed by atoms with Gasteiger partial charge < -0.3 is 21.0 Å². The summed E-state index contributed by atoms with van der Waals surface area (Å²) in [5, 5.41) is 24.9. The van der Waals surface area contributed by atoms with Crippen LogP contribution in [-0.4, -0.2) is 96.3 Å². The number of hydrazone groups is 1. The number of hydrogen-bond acceptors (Lipinski definition) is 12. The fourth-order valence-corrected chi connectivity index (χ4v) is 9.04. The number of imidazole rings is 1. The number of oxime groups is 1. The first-order valence-corrected chi connectivity index (χ1v) is 18.0. The zero-order chi connectivity index (χ0) is 33.5. The zero-order valence-corrected chi connectivity index (χ0v) is 28.7. The van der Waals surface area contributed by atoms with E-state index in [1.807, 2.05) is 40.1 Å². The second-order valence-corrected chi connectivity index (χ2v) is 14.9. The van der Waals surface area contributed by atoms with E-state index in [1.54, 1.807) is 11.3 Å². The number of rotatable bonds is 11. The highest BCUT2D eigenvalue weighted by Gasteiger charge is 2.54. The van der Waals surface area contributed by atoms with E-state index in [0.29, 0.717) is 17.9 Å². The van der Waals surface area contributed by atoms with Gasteiger partial charge in [-0.05, 0) is 29.9 Å². The van der Waals surface area contributed by atoms with Crippen molar-refractivity contribution in [3.05, 3.63) is 67.8 Å². The summed E-state index contributed by atoms with van der Waals surface area (Å²) in [6.07, 6.45) is 10.1. The van der Waals surface area contributed by atoms with Gasteiger partial charge in [0.25, 0.3) is 11.8 Å². The maximum Gasteiger partial charge on any atom is 0.352 e. The number of nitrogen functional groups attached to an aromatic ring is 1. The van der Waals surface area contributed by atoms with Crippen LogP contribution in [0, 0.1) is 0 Å². The summed E-state index contributed by atoms with van der Waals surface area (Å²) >= 11 is 10.2. The predicted octanol–water partition coefficient (Wildman–Crippen LogP) is 2.05. The molecule has 7 rings (SSSR count). The van der Waals surface area contributed by atoms with Crippen molar-refractivity contribution in [2.75, 3.05) is 31.7 Å². The molecule has 4 aromatic rings. The molecule has 4 N–H and O–H groups in total. The number of nitrogens with zero attached hydrogens (tertiary/aromatic N) is 8. The van der Waals surface area contributed by atoms with Crippen molar-refractivity contribution in [2.24, 2.45) is 10.3 Å². The lowest BCUT2D eigenvalue weighted by molar-refractivity contribution is -0.661. The molecule has 7 heterocycles. The Hall–Kier alpha value is -4.39. The van der Waals surface area contributed by atoms with E-state index in [2.05, 4.69) is 41.6 Å². The lowest BCUT2D eigenvalue weighted by Crippen LogP contribution is -2.71. The maximum absolute atomic E-state index is 13.3. The molecule has 0 unspecified atom stereocenters. The Morgan fingerprint density at radius 3 is 2.85 bits per heavy atom. The number of thioether (sulfide) groups is 1. The van der Waals surface area contributed by atoms with Gasteiger partial charge in [0, 0.05) is 29.3 Å². The Kier molecular flexibility index (Phi) is 8.88. The molecule has 0 bridgehead atoms. The standard InChI is InChI=1S/C29H29ClN10O5S3/c1-45-35-21(20-24(30)48-29(31)34-20)25(41)33-22-26(42)40-23(28(43)44)17(15-47-27(22)40)12-38-7-4-19-36(8-9-39(19)38)13-18-10-16(14-46-18)11-32-37-5-2-3-6-37/h4,7-11,14,22,27H,2-3,5-6,12-13,15H2,1H3,(H3-,31,33,34,41,43,44)/p+1/b32-11?,35-21-/t22-,27-/m1/s1. The first kappa shape index (κ1) is 32.2. The average molecular weight is 730 g/mol. The van der Waals surface area contributed by atoms with Crippen molar-refractivity contribution in [1.82, 2.24) is 29.4 Å². The third-order valence-corrected chi connectivity index (χ3v) is 11.5. The normalized spacial score (nSPS) is 19.8. The fourth-order valence-electron chi connectivity index (χ4n) is 5.94. The molecule has 0 spiro atoms. The van der Waals surface area contributed by atoms with Gasteiger partial charge >= 0.3 is 11.6 Å². The molecule has 19 heteroatoms. The molecule has 2 atom stereocenters. The molecule has 4 aromatic heterocycles. The second kappa shape index (κ2) is 13.3. The van der Waals surface area contributed by atoms with E-state index in [1.165, 1.54) is 41.5 Å². The monoisotopic (exact) mass is 729 g/mol. The summed E-state index contributed by atoms with van der Waals surface area (Å²) in [4.78, 5) is 50.3. The third kappa shape index (κ3) is 6.04. The number of thiophene rings is 1. The van der Waals surface area contributed by atoms with Crippen LogP contribution in [0.4, 0.5) is 5.13 Å². The van der Waals surface area contributed by atoms with Crippen LogP contribution in [0.1, 0.15) is 29.0 Å². The molecular weight excluding hydrogens is 700 g/mol. The summed E-state index contributed by atoms with van der Waals surface area (Å²) in [6, 6.07) is 3.14. The number of carboxylic acid groups (broad SMARTS) is 1. The zero-order valence-electron chi connectivity index (χ0n) is 25.5. The second-order valence-electron chi connectivity index (χ2n) is 11.2. The van der Waals surface area contributed by atoms with Crippen molar-refractivity contribution >= 4 is 86.5 Å². The van der Waals surface area contributed by atoms with Crippen LogP contribution in [0.5, 0.6) is 0 Å². The lowest BCUT2D eigenvalue weighted by atomic mass is 10.0. The Morgan fingerprint density at radius 2 is 2.12 bits per heavy atom. The van der Waals surface area contributed by atoms with Gasteiger partial charge in [-0.25, -0.2) is 19.0 Å². The highest BCUT2D eigenvalue weighted by Crippen LogP contribution is 2.41. The molecule has 250 valence electrons. The number of carboxylic acids is 1. The number of aromatic nitrogens is 4. The minimum absolute atomic E-state index is 0.0266. The molecule has 0 saturated carbocycles. The number of carbonyl (C=O) groups excluding carboxylic acids is 2. The lowest BCUT2D eigenvalue weighted by Gasteiger charge is -2.49. The summed E-state index contributed by atoms with van der Waals surface area (Å²) in [5.41, 5.74) is 8.01. The summed E-state index contributed by atoms with van der Waals surface area (Å²) in [7, 11) is 1.26. The van der Waals surface area contributed by atoms with Crippen LogP contribution in [-0.2, 0) is 32.3 Å². The van der Waals surface area contributed by atoms with Crippen molar-refractivity contribution in [2.45, 2.75) is 37.3 Å². The van der Waals surface area contributed by atoms with E-state index in [0.717, 1.165) is 35.6 Å². The van der Waals surface area contributed by atoms with Crippen molar-refractivity contribution in [1.29, 1.82) is 0 Å². The Morgan fingerprint density at radius 1 is 1.31 bits per heavy atom. The summed E-state index contributed by atoms with van der Waals surface area (Å²) in [6.45, 7) is 2.95. The molecule has 2 fully saturated rings. The molecule has 3 aliphatic heterocycles. The smallest absolute Gasteiger partial charge is 0.352 e. The molecule has 2 amide bonds. The SMILES string of the molecule is CO/N=C(\C(=O)N[C@@H]1C(=O)N2C(C(=O)O)=C(Cn3ccc4n3cc[n+]4Cc3cc(C=NN4CCCC4)cs3)CS[C@H]12)c1nc(N)sc1Cl. The van der Waals surface area contributed by atoms with Crippen LogP contribution in [0.3, 0.4) is 0 Å². The van der Waals surface area contributed by atoms with Crippen LogP contribution in [0.2, 0.25) is 4.34 Å². The first-order chi connectivity index (χ1) is 23.2. The van der Waals surface area contributed by atoms with Gasteiger partial charge in [-0.3, -0.25) is 19.5 Å². The molecule has 0 aliphatic carbocycles. The molecule has 3 aliphatic rings. The highest BCUT2D eigenvalue weighted by molar-refractivity contribution is 8.00. The van der Waals surface area contributed by atoms with E-state index in [9.17, 15) is 19.5 Å². The minimum atomic E-state index is -1.22. The number of nitrogens with one attached hydrogen (secondary N) is 1. The van der Waals surface area contributed by atoms with Gasteiger partial charge in [-0.1, -0.05) is 28.1 Å². The summed E-state index contributed by atoms with van der Waals surface area (Å²) < 4.78 is 6.13. The molecular formula is C29H30ClN10O5S3+. The van der Waals surface area contributed by atoms with E-state index in [4.69, 9.17) is 22.2 Å². The number of fused-ring (bicyclic) bond motifs is 2. The number of β-lactam (4-membered cyclic amide) rings is 1. The molecule has 0 aromatic carbocycles. The Balaban J connectivity index is 1.05. The van der Waals surface area contributed by atoms with Crippen LogP contribution in [0.25, 0.3) is 5.65 Å². The number of thiazole rings is 1. The van der Waals surface area contributed by atoms with E-state index < -0.39 is 29.2 Å². The van der Waals surface area contributed by atoms with Crippen LogP contribution in [0.15, 0.2) is 57.6 Å². The largest absolute Gasteiger partial charge is 0.477 e. The molecule has 15 nitrogen and oxygen atoms in total. The van der Waals surface area contributed by atoms with Gasteiger partial charge in [0.05, 0.1) is 25.0 Å². The number of hydrogen-bond donors (Lipinski definition) is 3. The van der Waals surface area contributed by atoms with Crippen molar-refractivity contribution in [3.63, 3.8) is 0 Å². The quantitative estimate of drug-likeness (QED) is 0.0903. The van der Waals surface area contributed by atoms with Crippen molar-refractivity contribution < 1.29 is 28.9 Å². The average Bonchev–Trinajstić information content (AvgIpc) is 3.90. The molecule has 48 heavy (non-hydrogen) atoms. The van der Waals surface area contributed by atoms with Crippen LogP contribution >= 0.6 is 46.0 Å². The van der Waals surface area contributed by atoms with Crippen LogP contribution < -0.4 is 15.6 Å². The Labute approximate surface area is 290 Å². The number of carbonyl (C=O) groups is 3. The van der Waals surface area contributed by atoms with Crippen molar-refractivity contribution in [3.8, 4) is 0 Å². The van der Waals surface area contributed by atoms with E-state index >= 15 is 0 Å². The highest BCUT2D eigenvalue weighted by atomic mass is 35.5. The topological polar surface area (TPSA) is 176 Å². The van der Waals surface area contributed by atoms with Gasteiger partial charge in [0.15, 0.2) is 17.0 Å². The Bertz CT molecular complexity index is 2010. The fraction of sp³-hybridized carbons (Fsp3) is 0.345. The number of nitrogens with two attached hydrogens (primary N) is 1. The number of aliphatic carboxylic acids is 1. The molecule has 0 radical (unpaired) electrons. The van der Waals surface area contributed by atoms with E-state index in [-0.39, 0.29) is 33.1 Å². The predicted molar refractivity (Wildman–Crippen MR) is 182 cm³/mol. The van der Waals surface area contributed by atoms with Gasteiger partial charge in [-0.15, -0.1) is 27.6 Å². The number of halogens is 1. The maximum atomic E-state index is 13.3. The minimum Gasteiger partial charge on any atom is -0.477 e. The first-order valence-electron chi connectivity index (χ1n) is 14.9. The number of amides is 2. The third-order valence-electron chi connectivity index (χ3n) is 8.16. The summed E-state index contributed by atoms with van der Waals surface area (Å²) in [5.74, 6) is -2.17.